The van der Waals surface area contributed by atoms with Crippen LogP contribution >= 0.6 is 0 Å². The Balaban J connectivity index is 2.81. The van der Waals surface area contributed by atoms with Gasteiger partial charge < -0.3 is 0 Å². The van der Waals surface area contributed by atoms with Gasteiger partial charge in [0, 0.05) is 0 Å². The number of nitriles is 2. The number of hydrogen-bond donors (Lipinski definition) is 2. The summed E-state index contributed by atoms with van der Waals surface area (Å²) in [7, 11) is 0. The molecule has 0 radical (unpaired) electrons. The minimum absolute atomic E-state index is 0.117. The van der Waals surface area contributed by atoms with Gasteiger partial charge in [-0.3, -0.25) is 10.6 Å². The lowest BCUT2D eigenvalue weighted by Gasteiger charge is -2.20. The van der Waals surface area contributed by atoms with Gasteiger partial charge in [0.05, 0.1) is 18.3 Å². The number of benzene rings is 1. The summed E-state index contributed by atoms with van der Waals surface area (Å²) in [5.74, 6) is -0.685. The Morgan fingerprint density at radius 2 is 1.35 bits per heavy atom. The molecular formula is C16H22N4. The third kappa shape index (κ3) is 4.66. The SMILES string of the molecule is CCCNC(NCCC)c1ccc(C(C#N)C#N)cc1. The highest BCUT2D eigenvalue weighted by molar-refractivity contribution is 5.34. The predicted molar refractivity (Wildman–Crippen MR) is 79.7 cm³/mol. The van der Waals surface area contributed by atoms with Crippen molar-refractivity contribution < 1.29 is 0 Å². The van der Waals surface area contributed by atoms with E-state index in [-0.39, 0.29) is 6.17 Å². The molecule has 4 nitrogen and oxygen atoms in total. The summed E-state index contributed by atoms with van der Waals surface area (Å²) in [4.78, 5) is 0. The van der Waals surface area contributed by atoms with Crippen molar-refractivity contribution in [2.75, 3.05) is 13.1 Å². The zero-order valence-corrected chi connectivity index (χ0v) is 12.2. The van der Waals surface area contributed by atoms with Gasteiger partial charge in [0.1, 0.15) is 0 Å². The van der Waals surface area contributed by atoms with Crippen LogP contribution in [0, 0.1) is 22.7 Å². The van der Waals surface area contributed by atoms with Crippen LogP contribution in [-0.4, -0.2) is 13.1 Å². The van der Waals surface area contributed by atoms with Crippen LogP contribution in [-0.2, 0) is 0 Å². The molecule has 1 aromatic carbocycles. The van der Waals surface area contributed by atoms with Gasteiger partial charge in [0.15, 0.2) is 5.92 Å². The fourth-order valence-corrected chi connectivity index (χ4v) is 1.94. The minimum atomic E-state index is -0.685. The molecule has 0 amide bonds. The number of hydrogen-bond acceptors (Lipinski definition) is 4. The Bertz CT molecular complexity index is 445. The summed E-state index contributed by atoms with van der Waals surface area (Å²) in [6.07, 6.45) is 2.27. The van der Waals surface area contributed by atoms with Crippen molar-refractivity contribution >= 4 is 0 Å². The highest BCUT2D eigenvalue weighted by atomic mass is 15.1. The molecule has 0 fully saturated rings. The summed E-state index contributed by atoms with van der Waals surface area (Å²) in [6, 6.07) is 11.7. The first-order valence-corrected chi connectivity index (χ1v) is 7.12. The maximum Gasteiger partial charge on any atom is 0.158 e. The lowest BCUT2D eigenvalue weighted by atomic mass is 10.00. The molecular weight excluding hydrogens is 248 g/mol. The highest BCUT2D eigenvalue weighted by Crippen LogP contribution is 2.17. The monoisotopic (exact) mass is 270 g/mol. The van der Waals surface area contributed by atoms with E-state index in [1.165, 1.54) is 0 Å². The second-order valence-corrected chi connectivity index (χ2v) is 4.70. The zero-order valence-electron chi connectivity index (χ0n) is 12.2. The van der Waals surface area contributed by atoms with E-state index in [1.807, 2.05) is 36.4 Å². The average Bonchev–Trinajstić information content (AvgIpc) is 2.50. The quantitative estimate of drug-likeness (QED) is 0.712. The fraction of sp³-hybridized carbons (Fsp3) is 0.500. The number of nitrogens with zero attached hydrogens (tertiary/aromatic N) is 2. The molecule has 20 heavy (non-hydrogen) atoms. The van der Waals surface area contributed by atoms with Crippen LogP contribution in [0.4, 0.5) is 0 Å². The molecule has 0 saturated heterocycles. The van der Waals surface area contributed by atoms with E-state index in [4.69, 9.17) is 10.5 Å². The van der Waals surface area contributed by atoms with Crippen LogP contribution in [0.15, 0.2) is 24.3 Å². The standard InChI is InChI=1S/C16H22N4/c1-3-9-19-16(20-10-4-2)14-7-5-13(6-8-14)15(11-17)12-18/h5-8,15-16,19-20H,3-4,9-10H2,1-2H3. The van der Waals surface area contributed by atoms with Crippen LogP contribution in [0.1, 0.15) is 49.9 Å². The second-order valence-electron chi connectivity index (χ2n) is 4.70. The zero-order chi connectivity index (χ0) is 14.8. The van der Waals surface area contributed by atoms with E-state index in [2.05, 4.69) is 24.5 Å². The summed E-state index contributed by atoms with van der Waals surface area (Å²) in [6.45, 7) is 6.17. The Morgan fingerprint density at radius 1 is 0.900 bits per heavy atom. The van der Waals surface area contributed by atoms with Crippen molar-refractivity contribution in [3.63, 3.8) is 0 Å². The molecule has 0 heterocycles. The number of rotatable bonds is 8. The van der Waals surface area contributed by atoms with E-state index in [1.54, 1.807) is 0 Å². The first-order chi connectivity index (χ1) is 9.76. The van der Waals surface area contributed by atoms with Gasteiger partial charge in [-0.05, 0) is 37.1 Å². The normalized spacial score (nSPS) is 10.5. The van der Waals surface area contributed by atoms with Crippen molar-refractivity contribution in [3.05, 3.63) is 35.4 Å². The van der Waals surface area contributed by atoms with E-state index in [0.29, 0.717) is 0 Å². The summed E-state index contributed by atoms with van der Waals surface area (Å²) >= 11 is 0. The Morgan fingerprint density at radius 3 is 1.75 bits per heavy atom. The fourth-order valence-electron chi connectivity index (χ4n) is 1.94. The van der Waals surface area contributed by atoms with Gasteiger partial charge >= 0.3 is 0 Å². The maximum absolute atomic E-state index is 8.89. The molecule has 0 atom stereocenters. The molecule has 0 bridgehead atoms. The average molecular weight is 270 g/mol. The Kier molecular flexibility index (Phi) is 7.35. The van der Waals surface area contributed by atoms with Gasteiger partial charge in [-0.25, -0.2) is 0 Å². The highest BCUT2D eigenvalue weighted by Gasteiger charge is 2.12. The van der Waals surface area contributed by atoms with Crippen LogP contribution < -0.4 is 10.6 Å². The van der Waals surface area contributed by atoms with Crippen LogP contribution in [0.25, 0.3) is 0 Å². The first-order valence-electron chi connectivity index (χ1n) is 7.12. The summed E-state index contributed by atoms with van der Waals surface area (Å²) in [5, 5.41) is 24.7. The van der Waals surface area contributed by atoms with Crippen molar-refractivity contribution in [1.29, 1.82) is 10.5 Å². The van der Waals surface area contributed by atoms with Gasteiger partial charge in [0.2, 0.25) is 0 Å². The van der Waals surface area contributed by atoms with E-state index < -0.39 is 5.92 Å². The molecule has 4 heteroatoms. The van der Waals surface area contributed by atoms with Gasteiger partial charge in [-0.1, -0.05) is 38.1 Å². The van der Waals surface area contributed by atoms with E-state index in [0.717, 1.165) is 37.1 Å². The summed E-state index contributed by atoms with van der Waals surface area (Å²) in [5.41, 5.74) is 1.88. The third-order valence-electron chi connectivity index (χ3n) is 3.06. The molecule has 0 unspecified atom stereocenters. The maximum atomic E-state index is 8.89. The second kappa shape index (κ2) is 9.09. The minimum Gasteiger partial charge on any atom is -0.298 e. The molecule has 0 aliphatic carbocycles. The van der Waals surface area contributed by atoms with Crippen LogP contribution in [0.5, 0.6) is 0 Å². The van der Waals surface area contributed by atoms with Crippen molar-refractivity contribution in [3.8, 4) is 12.1 Å². The van der Waals surface area contributed by atoms with Crippen molar-refractivity contribution in [1.82, 2.24) is 10.6 Å². The third-order valence-corrected chi connectivity index (χ3v) is 3.06. The van der Waals surface area contributed by atoms with Crippen molar-refractivity contribution in [2.45, 2.75) is 38.8 Å². The van der Waals surface area contributed by atoms with Crippen LogP contribution in [0.3, 0.4) is 0 Å². The molecule has 0 aliphatic heterocycles. The Hall–Kier alpha value is -1.88. The molecule has 0 aliphatic rings. The van der Waals surface area contributed by atoms with Gasteiger partial charge in [-0.2, -0.15) is 10.5 Å². The smallest absolute Gasteiger partial charge is 0.158 e. The molecule has 2 N–H and O–H groups in total. The van der Waals surface area contributed by atoms with Gasteiger partial charge in [-0.15, -0.1) is 0 Å². The lowest BCUT2D eigenvalue weighted by Crippen LogP contribution is -2.35. The predicted octanol–water partition coefficient (Wildman–Crippen LogP) is 2.82. The number of nitrogens with one attached hydrogen (secondary N) is 2. The van der Waals surface area contributed by atoms with E-state index in [9.17, 15) is 0 Å². The molecule has 0 aromatic heterocycles. The lowest BCUT2D eigenvalue weighted by molar-refractivity contribution is 0.439. The molecule has 0 spiro atoms. The summed E-state index contributed by atoms with van der Waals surface area (Å²) < 4.78 is 0. The van der Waals surface area contributed by atoms with Gasteiger partial charge in [0.25, 0.3) is 0 Å². The van der Waals surface area contributed by atoms with E-state index >= 15 is 0 Å². The topological polar surface area (TPSA) is 71.6 Å². The van der Waals surface area contributed by atoms with Crippen molar-refractivity contribution in [2.24, 2.45) is 0 Å². The molecule has 1 rings (SSSR count). The molecule has 106 valence electrons. The largest absolute Gasteiger partial charge is 0.298 e. The van der Waals surface area contributed by atoms with Crippen LogP contribution in [0.2, 0.25) is 0 Å². The molecule has 1 aromatic rings. The Labute approximate surface area is 121 Å². The molecule has 0 saturated carbocycles. The first kappa shape index (κ1) is 16.2.